The Labute approximate surface area is 135 Å². The lowest BCUT2D eigenvalue weighted by atomic mass is 10.3. The molecule has 0 saturated heterocycles. The van der Waals surface area contributed by atoms with Crippen LogP contribution in [0.2, 0.25) is 0 Å². The normalized spacial score (nSPS) is 9.55. The number of unbranched alkanes of at least 4 members (excludes halogenated alkanes) is 1. The summed E-state index contributed by atoms with van der Waals surface area (Å²) < 4.78 is 9.69. The molecule has 0 atom stereocenters. The monoisotopic (exact) mass is 313 g/mol. The number of ether oxygens (including phenoxy) is 2. The van der Waals surface area contributed by atoms with Crippen molar-refractivity contribution in [2.45, 2.75) is 40.0 Å². The van der Waals surface area contributed by atoms with E-state index < -0.39 is 0 Å². The Kier molecular flexibility index (Phi) is 14.8. The Hall–Kier alpha value is -1.62. The zero-order chi connectivity index (χ0) is 17.5. The largest absolute Gasteiger partial charge is 0.462 e. The number of esters is 2. The van der Waals surface area contributed by atoms with Crippen LogP contribution in [-0.2, 0) is 19.1 Å². The summed E-state index contributed by atoms with van der Waals surface area (Å²) in [5, 5.41) is 0. The van der Waals surface area contributed by atoms with Gasteiger partial charge < -0.3 is 14.4 Å². The van der Waals surface area contributed by atoms with Gasteiger partial charge in [-0.05, 0) is 40.8 Å². The molecule has 0 aliphatic heterocycles. The first-order valence-corrected chi connectivity index (χ1v) is 7.52. The van der Waals surface area contributed by atoms with Crippen molar-refractivity contribution in [2.24, 2.45) is 0 Å². The van der Waals surface area contributed by atoms with Gasteiger partial charge in [0.1, 0.15) is 0 Å². The third-order valence-electron chi connectivity index (χ3n) is 2.41. The minimum Gasteiger partial charge on any atom is -0.462 e. The van der Waals surface area contributed by atoms with Crippen LogP contribution in [0, 0.1) is 0 Å². The zero-order valence-corrected chi connectivity index (χ0v) is 14.7. The molecule has 0 aliphatic rings. The molecule has 0 N–H and O–H groups in total. The summed E-state index contributed by atoms with van der Waals surface area (Å²) in [6, 6.07) is 0. The summed E-state index contributed by atoms with van der Waals surface area (Å²) in [6.07, 6.45) is 2.84. The van der Waals surface area contributed by atoms with E-state index in [0.717, 1.165) is 25.8 Å². The third kappa shape index (κ3) is 16.4. The first kappa shape index (κ1) is 22.7. The van der Waals surface area contributed by atoms with Crippen molar-refractivity contribution in [3.8, 4) is 0 Å². The maximum absolute atomic E-state index is 10.9. The van der Waals surface area contributed by atoms with Crippen LogP contribution in [0.15, 0.2) is 24.3 Å². The molecule has 22 heavy (non-hydrogen) atoms. The van der Waals surface area contributed by atoms with Crippen molar-refractivity contribution in [3.63, 3.8) is 0 Å². The maximum Gasteiger partial charge on any atom is 0.333 e. The summed E-state index contributed by atoms with van der Waals surface area (Å²) in [6.45, 7) is 14.2. The predicted octanol–water partition coefficient (Wildman–Crippen LogP) is 2.96. The SMILES string of the molecule is C=C(C)C(=O)OCCCC.C=C(C)C(=O)OCCCN(C)C. The Balaban J connectivity index is 0. The number of nitrogens with zero attached hydrogens (tertiary/aromatic N) is 1. The summed E-state index contributed by atoms with van der Waals surface area (Å²) in [5.74, 6) is -0.581. The van der Waals surface area contributed by atoms with Crippen LogP contribution in [0.25, 0.3) is 0 Å². The van der Waals surface area contributed by atoms with Gasteiger partial charge in [0.2, 0.25) is 0 Å². The molecular weight excluding hydrogens is 282 g/mol. The second-order valence-corrected chi connectivity index (χ2v) is 5.34. The number of hydrogen-bond acceptors (Lipinski definition) is 5. The van der Waals surface area contributed by atoms with E-state index in [1.54, 1.807) is 13.8 Å². The van der Waals surface area contributed by atoms with E-state index in [1.165, 1.54) is 0 Å². The molecule has 0 saturated carbocycles. The molecule has 5 heteroatoms. The topological polar surface area (TPSA) is 55.8 Å². The van der Waals surface area contributed by atoms with Gasteiger partial charge in [0.15, 0.2) is 0 Å². The van der Waals surface area contributed by atoms with Gasteiger partial charge >= 0.3 is 11.9 Å². The highest BCUT2D eigenvalue weighted by atomic mass is 16.5. The van der Waals surface area contributed by atoms with Crippen LogP contribution in [0.5, 0.6) is 0 Å². The number of carbonyl (C=O) groups is 2. The Morgan fingerprint density at radius 1 is 0.909 bits per heavy atom. The smallest absolute Gasteiger partial charge is 0.333 e. The molecule has 0 unspecified atom stereocenters. The minimum atomic E-state index is -0.297. The van der Waals surface area contributed by atoms with E-state index >= 15 is 0 Å². The highest BCUT2D eigenvalue weighted by Crippen LogP contribution is 1.95. The predicted molar refractivity (Wildman–Crippen MR) is 89.6 cm³/mol. The molecule has 0 aromatic heterocycles. The second kappa shape index (κ2) is 14.3. The average molecular weight is 313 g/mol. The molecule has 0 spiro atoms. The molecule has 0 aromatic carbocycles. The summed E-state index contributed by atoms with van der Waals surface area (Å²) in [7, 11) is 3.97. The summed E-state index contributed by atoms with van der Waals surface area (Å²) in [4.78, 5) is 23.6. The van der Waals surface area contributed by atoms with Crippen LogP contribution in [0.1, 0.15) is 40.0 Å². The molecule has 0 aromatic rings. The number of carbonyl (C=O) groups excluding carboxylic acids is 2. The summed E-state index contributed by atoms with van der Waals surface area (Å²) in [5.41, 5.74) is 0.927. The van der Waals surface area contributed by atoms with Crippen LogP contribution in [-0.4, -0.2) is 50.7 Å². The van der Waals surface area contributed by atoms with Gasteiger partial charge in [-0.2, -0.15) is 0 Å². The van der Waals surface area contributed by atoms with E-state index in [1.807, 2.05) is 14.1 Å². The lowest BCUT2D eigenvalue weighted by molar-refractivity contribution is -0.139. The van der Waals surface area contributed by atoms with Crippen LogP contribution in [0.4, 0.5) is 0 Å². The van der Waals surface area contributed by atoms with Crippen molar-refractivity contribution >= 4 is 11.9 Å². The van der Waals surface area contributed by atoms with Gasteiger partial charge in [-0.15, -0.1) is 0 Å². The lowest BCUT2D eigenvalue weighted by Crippen LogP contribution is -2.16. The first-order chi connectivity index (χ1) is 10.2. The molecule has 0 heterocycles. The third-order valence-corrected chi connectivity index (χ3v) is 2.41. The van der Waals surface area contributed by atoms with Gasteiger partial charge in [-0.3, -0.25) is 0 Å². The Morgan fingerprint density at radius 2 is 1.32 bits per heavy atom. The highest BCUT2D eigenvalue weighted by molar-refractivity contribution is 5.87. The fourth-order valence-corrected chi connectivity index (χ4v) is 1.10. The molecule has 5 nitrogen and oxygen atoms in total. The van der Waals surface area contributed by atoms with Crippen molar-refractivity contribution in [2.75, 3.05) is 33.9 Å². The zero-order valence-electron chi connectivity index (χ0n) is 14.7. The first-order valence-electron chi connectivity index (χ1n) is 7.52. The Bertz CT molecular complexity index is 362. The van der Waals surface area contributed by atoms with Gasteiger partial charge in [0.05, 0.1) is 13.2 Å². The van der Waals surface area contributed by atoms with E-state index in [-0.39, 0.29) is 11.9 Å². The van der Waals surface area contributed by atoms with Crippen LogP contribution >= 0.6 is 0 Å². The molecule has 128 valence electrons. The van der Waals surface area contributed by atoms with Gasteiger partial charge in [0, 0.05) is 17.7 Å². The number of hydrogen-bond donors (Lipinski definition) is 0. The maximum atomic E-state index is 10.9. The van der Waals surface area contributed by atoms with E-state index in [4.69, 9.17) is 9.47 Å². The van der Waals surface area contributed by atoms with E-state index in [0.29, 0.717) is 24.4 Å². The standard InChI is InChI=1S/C9H17NO2.C8H14O2/c1-8(2)9(11)12-7-5-6-10(3)4;1-4-5-6-10-8(9)7(2)3/h1,5-7H2,2-4H3;2,4-6H2,1,3H3. The van der Waals surface area contributed by atoms with Crippen molar-refractivity contribution in [1.29, 1.82) is 0 Å². The van der Waals surface area contributed by atoms with Crippen molar-refractivity contribution in [1.82, 2.24) is 4.90 Å². The molecule has 0 bridgehead atoms. The lowest BCUT2D eigenvalue weighted by Gasteiger charge is -2.09. The summed E-state index contributed by atoms with van der Waals surface area (Å²) >= 11 is 0. The van der Waals surface area contributed by atoms with Gasteiger partial charge in [0.25, 0.3) is 0 Å². The minimum absolute atomic E-state index is 0.284. The second-order valence-electron chi connectivity index (χ2n) is 5.34. The molecule has 0 radical (unpaired) electrons. The van der Waals surface area contributed by atoms with Gasteiger partial charge in [-0.25, -0.2) is 9.59 Å². The molecule has 0 aliphatic carbocycles. The molecular formula is C17H31NO4. The highest BCUT2D eigenvalue weighted by Gasteiger charge is 2.01. The van der Waals surface area contributed by atoms with Crippen LogP contribution < -0.4 is 0 Å². The Morgan fingerprint density at radius 3 is 1.64 bits per heavy atom. The average Bonchev–Trinajstić information content (AvgIpc) is 2.43. The van der Waals surface area contributed by atoms with Gasteiger partial charge in [-0.1, -0.05) is 26.5 Å². The quantitative estimate of drug-likeness (QED) is 0.372. The van der Waals surface area contributed by atoms with Crippen LogP contribution in [0.3, 0.4) is 0 Å². The van der Waals surface area contributed by atoms with Crippen molar-refractivity contribution < 1.29 is 19.1 Å². The van der Waals surface area contributed by atoms with E-state index in [2.05, 4.69) is 25.0 Å². The van der Waals surface area contributed by atoms with Crippen molar-refractivity contribution in [3.05, 3.63) is 24.3 Å². The molecule has 0 rings (SSSR count). The fourth-order valence-electron chi connectivity index (χ4n) is 1.10. The molecule has 0 fully saturated rings. The fraction of sp³-hybridized carbons (Fsp3) is 0.647. The number of rotatable bonds is 9. The molecule has 0 amide bonds. The van der Waals surface area contributed by atoms with E-state index in [9.17, 15) is 9.59 Å².